The van der Waals surface area contributed by atoms with Crippen LogP contribution in [0.2, 0.25) is 0 Å². The zero-order valence-corrected chi connectivity index (χ0v) is 23.0. The van der Waals surface area contributed by atoms with Crippen LogP contribution in [-0.2, 0) is 32.6 Å². The Kier molecular flexibility index (Phi) is 9.82. The molecule has 0 saturated carbocycles. The third-order valence-electron chi connectivity index (χ3n) is 5.69. The lowest BCUT2D eigenvalue weighted by molar-refractivity contribution is -0.140. The Hall–Kier alpha value is -3.24. The van der Waals surface area contributed by atoms with Gasteiger partial charge in [-0.15, -0.1) is 0 Å². The summed E-state index contributed by atoms with van der Waals surface area (Å²) in [6.07, 6.45) is 1.13. The maximum absolute atomic E-state index is 14.6. The van der Waals surface area contributed by atoms with Crippen molar-refractivity contribution in [1.29, 1.82) is 0 Å². The van der Waals surface area contributed by atoms with Crippen LogP contribution >= 0.6 is 15.9 Å². The van der Waals surface area contributed by atoms with E-state index >= 15 is 0 Å². The molecule has 0 fully saturated rings. The zero-order chi connectivity index (χ0) is 27.0. The molecule has 196 valence electrons. The van der Waals surface area contributed by atoms with E-state index in [1.807, 2.05) is 54.6 Å². The monoisotopic (exact) mass is 589 g/mol. The Balaban J connectivity index is 2.04. The highest BCUT2D eigenvalue weighted by Crippen LogP contribution is 2.23. The fourth-order valence-corrected chi connectivity index (χ4v) is 5.00. The number of benzene rings is 3. The summed E-state index contributed by atoms with van der Waals surface area (Å²) in [5.74, 6) is -1.78. The summed E-state index contributed by atoms with van der Waals surface area (Å²) in [6.45, 7) is 1.52. The van der Waals surface area contributed by atoms with Gasteiger partial charge in [0.15, 0.2) is 0 Å². The molecule has 0 heterocycles. The second kappa shape index (κ2) is 12.8. The summed E-state index contributed by atoms with van der Waals surface area (Å²) in [5.41, 5.74) is 1.34. The van der Waals surface area contributed by atoms with Crippen LogP contribution in [0.15, 0.2) is 83.3 Å². The maximum atomic E-state index is 14.6. The standard InChI is InChI=1S/C27H29BrFN3O4S/c1-3-30-27(34)25(17-20-9-5-4-6-10-20)31(18-21-13-15-22(28)16-14-21)26(33)19-32(37(2,35)36)24-12-8-7-11-23(24)29/h4-16,25H,3,17-19H2,1-2H3,(H,30,34). The lowest BCUT2D eigenvalue weighted by Crippen LogP contribution is -2.53. The Morgan fingerprint density at radius 1 is 0.946 bits per heavy atom. The predicted octanol–water partition coefficient (Wildman–Crippen LogP) is 4.13. The summed E-state index contributed by atoms with van der Waals surface area (Å²) < 4.78 is 41.4. The van der Waals surface area contributed by atoms with E-state index in [2.05, 4.69) is 21.2 Å². The van der Waals surface area contributed by atoms with Gasteiger partial charge in [-0.1, -0.05) is 70.5 Å². The minimum absolute atomic E-state index is 0.0512. The van der Waals surface area contributed by atoms with Crippen molar-refractivity contribution in [3.63, 3.8) is 0 Å². The van der Waals surface area contributed by atoms with Crippen LogP contribution < -0.4 is 9.62 Å². The first-order valence-electron chi connectivity index (χ1n) is 11.7. The Bertz CT molecular complexity index is 1320. The van der Waals surface area contributed by atoms with E-state index in [0.29, 0.717) is 6.54 Å². The first-order valence-corrected chi connectivity index (χ1v) is 14.3. The number of para-hydroxylation sites is 1. The number of amides is 2. The molecular weight excluding hydrogens is 561 g/mol. The van der Waals surface area contributed by atoms with Crippen LogP contribution in [0, 0.1) is 5.82 Å². The minimum Gasteiger partial charge on any atom is -0.355 e. The van der Waals surface area contributed by atoms with E-state index in [4.69, 9.17) is 0 Å². The van der Waals surface area contributed by atoms with Crippen molar-refractivity contribution in [2.75, 3.05) is 23.7 Å². The summed E-state index contributed by atoms with van der Waals surface area (Å²) in [7, 11) is -4.02. The van der Waals surface area contributed by atoms with Crippen molar-refractivity contribution in [3.05, 3.63) is 100 Å². The van der Waals surface area contributed by atoms with E-state index < -0.39 is 34.3 Å². The number of hydrogen-bond acceptors (Lipinski definition) is 4. The fraction of sp³-hybridized carbons (Fsp3) is 0.259. The van der Waals surface area contributed by atoms with Crippen molar-refractivity contribution in [2.24, 2.45) is 0 Å². The Morgan fingerprint density at radius 2 is 1.57 bits per heavy atom. The quantitative estimate of drug-likeness (QED) is 0.364. The highest BCUT2D eigenvalue weighted by atomic mass is 79.9. The molecule has 1 unspecified atom stereocenters. The molecule has 0 bridgehead atoms. The van der Waals surface area contributed by atoms with Gasteiger partial charge < -0.3 is 10.2 Å². The highest BCUT2D eigenvalue weighted by Gasteiger charge is 2.33. The van der Waals surface area contributed by atoms with Crippen LogP contribution in [0.1, 0.15) is 18.1 Å². The van der Waals surface area contributed by atoms with Crippen molar-refractivity contribution in [2.45, 2.75) is 25.9 Å². The third-order valence-corrected chi connectivity index (χ3v) is 7.34. The summed E-state index contributed by atoms with van der Waals surface area (Å²) >= 11 is 3.39. The molecule has 0 aromatic heterocycles. The summed E-state index contributed by atoms with van der Waals surface area (Å²) in [6, 6.07) is 20.9. The van der Waals surface area contributed by atoms with Crippen molar-refractivity contribution >= 4 is 43.5 Å². The molecule has 7 nitrogen and oxygen atoms in total. The number of nitrogens with one attached hydrogen (secondary N) is 1. The van der Waals surface area contributed by atoms with Crippen molar-refractivity contribution < 1.29 is 22.4 Å². The first kappa shape index (κ1) is 28.3. The largest absolute Gasteiger partial charge is 0.355 e. The molecule has 0 aliphatic heterocycles. The zero-order valence-electron chi connectivity index (χ0n) is 20.6. The molecule has 3 rings (SSSR count). The summed E-state index contributed by atoms with van der Waals surface area (Å²) in [5, 5.41) is 2.79. The molecule has 0 aliphatic rings. The van der Waals surface area contributed by atoms with Crippen LogP contribution in [0.25, 0.3) is 0 Å². The average Bonchev–Trinajstić information content (AvgIpc) is 2.86. The van der Waals surface area contributed by atoms with Gasteiger partial charge in [0.2, 0.25) is 21.8 Å². The van der Waals surface area contributed by atoms with Crippen LogP contribution in [0.3, 0.4) is 0 Å². The summed E-state index contributed by atoms with van der Waals surface area (Å²) in [4.78, 5) is 28.4. The molecule has 1 atom stereocenters. The van der Waals surface area contributed by atoms with Crippen molar-refractivity contribution in [3.8, 4) is 0 Å². The number of nitrogens with zero attached hydrogens (tertiary/aromatic N) is 2. The van der Waals surface area contributed by atoms with Crippen LogP contribution in [0.5, 0.6) is 0 Å². The topological polar surface area (TPSA) is 86.8 Å². The van der Waals surface area contributed by atoms with Gasteiger partial charge in [0.05, 0.1) is 11.9 Å². The van der Waals surface area contributed by atoms with Gasteiger partial charge in [0.1, 0.15) is 18.4 Å². The van der Waals surface area contributed by atoms with E-state index in [-0.39, 0.29) is 24.6 Å². The molecule has 3 aromatic rings. The van der Waals surface area contributed by atoms with Gasteiger partial charge in [-0.2, -0.15) is 0 Å². The predicted molar refractivity (Wildman–Crippen MR) is 146 cm³/mol. The van der Waals surface area contributed by atoms with Gasteiger partial charge in [0.25, 0.3) is 0 Å². The molecule has 1 N–H and O–H groups in total. The van der Waals surface area contributed by atoms with Gasteiger partial charge in [-0.3, -0.25) is 13.9 Å². The van der Waals surface area contributed by atoms with Gasteiger partial charge >= 0.3 is 0 Å². The number of likely N-dealkylation sites (N-methyl/N-ethyl adjacent to an activating group) is 1. The SMILES string of the molecule is CCNC(=O)C(Cc1ccccc1)N(Cc1ccc(Br)cc1)C(=O)CN(c1ccccc1F)S(C)(=O)=O. The smallest absolute Gasteiger partial charge is 0.244 e. The molecule has 0 aliphatic carbocycles. The maximum Gasteiger partial charge on any atom is 0.244 e. The molecule has 0 spiro atoms. The fourth-order valence-electron chi connectivity index (χ4n) is 3.88. The van der Waals surface area contributed by atoms with E-state index in [1.165, 1.54) is 23.1 Å². The first-order chi connectivity index (χ1) is 17.6. The Morgan fingerprint density at radius 3 is 2.16 bits per heavy atom. The second-order valence-electron chi connectivity index (χ2n) is 8.47. The molecule has 0 radical (unpaired) electrons. The van der Waals surface area contributed by atoms with E-state index in [9.17, 15) is 22.4 Å². The molecule has 10 heteroatoms. The van der Waals surface area contributed by atoms with Crippen molar-refractivity contribution in [1.82, 2.24) is 10.2 Å². The molecule has 0 saturated heterocycles. The van der Waals surface area contributed by atoms with Gasteiger partial charge in [-0.25, -0.2) is 12.8 Å². The number of sulfonamides is 1. The highest BCUT2D eigenvalue weighted by molar-refractivity contribution is 9.10. The lowest BCUT2D eigenvalue weighted by atomic mass is 10.0. The number of anilines is 1. The normalized spacial score (nSPS) is 12.0. The van der Waals surface area contributed by atoms with E-state index in [1.54, 1.807) is 6.92 Å². The molecule has 37 heavy (non-hydrogen) atoms. The van der Waals surface area contributed by atoms with Crippen LogP contribution in [0.4, 0.5) is 10.1 Å². The Labute approximate surface area is 225 Å². The van der Waals surface area contributed by atoms with E-state index in [0.717, 1.165) is 32.2 Å². The van der Waals surface area contributed by atoms with Crippen LogP contribution in [-0.4, -0.2) is 50.5 Å². The number of hydrogen-bond donors (Lipinski definition) is 1. The molecule has 2 amide bonds. The second-order valence-corrected chi connectivity index (χ2v) is 11.3. The van der Waals surface area contributed by atoms with Gasteiger partial charge in [-0.05, 0) is 42.3 Å². The molecule has 3 aromatic carbocycles. The number of carbonyl (C=O) groups is 2. The van der Waals surface area contributed by atoms with Gasteiger partial charge in [0, 0.05) is 24.0 Å². The number of carbonyl (C=O) groups excluding carboxylic acids is 2. The molecular formula is C27H29BrFN3O4S. The third kappa shape index (κ3) is 7.87. The number of rotatable bonds is 11. The minimum atomic E-state index is -4.02. The average molecular weight is 591 g/mol. The number of halogens is 2. The lowest BCUT2D eigenvalue weighted by Gasteiger charge is -2.33.